The molecule has 120 valence electrons. The molecule has 2 heterocycles. The molecule has 0 saturated carbocycles. The molecule has 6 heteroatoms. The third-order valence-corrected chi connectivity index (χ3v) is 4.83. The van der Waals surface area contributed by atoms with Crippen LogP contribution in [-0.2, 0) is 16.0 Å². The topological polar surface area (TPSA) is 66.8 Å². The first-order valence-corrected chi connectivity index (χ1v) is 8.27. The zero-order valence-electron chi connectivity index (χ0n) is 12.5. The fourth-order valence-corrected chi connectivity index (χ4v) is 3.45. The predicted octanol–water partition coefficient (Wildman–Crippen LogP) is 2.59. The van der Waals surface area contributed by atoms with Crippen LogP contribution in [0.5, 0.6) is 0 Å². The number of amides is 1. The fourth-order valence-electron chi connectivity index (χ4n) is 2.68. The van der Waals surface area contributed by atoms with Crippen LogP contribution in [0.3, 0.4) is 0 Å². The normalized spacial score (nSPS) is 17.9. The Morgan fingerprint density at radius 2 is 2.09 bits per heavy atom. The van der Waals surface area contributed by atoms with Gasteiger partial charge in [0.25, 0.3) is 0 Å². The maximum atomic E-state index is 12.5. The van der Waals surface area contributed by atoms with E-state index in [1.54, 1.807) is 34.4 Å². The average Bonchev–Trinajstić information content (AvgIpc) is 3.10. The van der Waals surface area contributed by atoms with Crippen molar-refractivity contribution < 1.29 is 19.4 Å². The van der Waals surface area contributed by atoms with E-state index in [0.29, 0.717) is 25.3 Å². The SMILES string of the molecule is O=C(O)c1ccccc1CC(=O)N1CCOC(c2cccs2)C1. The molecule has 0 bridgehead atoms. The van der Waals surface area contributed by atoms with Crippen molar-refractivity contribution in [3.63, 3.8) is 0 Å². The lowest BCUT2D eigenvalue weighted by Gasteiger charge is -2.32. The summed E-state index contributed by atoms with van der Waals surface area (Å²) in [4.78, 5) is 26.6. The molecule has 5 nitrogen and oxygen atoms in total. The number of benzene rings is 1. The Kier molecular flexibility index (Phi) is 4.73. The number of morpholine rings is 1. The summed E-state index contributed by atoms with van der Waals surface area (Å²) < 4.78 is 5.74. The van der Waals surface area contributed by atoms with Gasteiger partial charge in [0.15, 0.2) is 0 Å². The van der Waals surface area contributed by atoms with E-state index in [0.717, 1.165) is 4.88 Å². The summed E-state index contributed by atoms with van der Waals surface area (Å²) in [6.45, 7) is 1.54. The van der Waals surface area contributed by atoms with Gasteiger partial charge < -0.3 is 14.7 Å². The molecule has 0 aliphatic carbocycles. The smallest absolute Gasteiger partial charge is 0.335 e. The van der Waals surface area contributed by atoms with Crippen molar-refractivity contribution in [2.45, 2.75) is 12.5 Å². The van der Waals surface area contributed by atoms with Crippen LogP contribution in [0.2, 0.25) is 0 Å². The molecule has 0 radical (unpaired) electrons. The van der Waals surface area contributed by atoms with Crippen LogP contribution in [0.1, 0.15) is 26.9 Å². The highest BCUT2D eigenvalue weighted by molar-refractivity contribution is 7.10. The summed E-state index contributed by atoms with van der Waals surface area (Å²) in [7, 11) is 0. The molecule has 1 saturated heterocycles. The highest BCUT2D eigenvalue weighted by atomic mass is 32.1. The van der Waals surface area contributed by atoms with E-state index in [1.165, 1.54) is 6.07 Å². The zero-order valence-corrected chi connectivity index (χ0v) is 13.3. The molecule has 1 aromatic carbocycles. The van der Waals surface area contributed by atoms with Crippen molar-refractivity contribution in [3.05, 3.63) is 57.8 Å². The van der Waals surface area contributed by atoms with Gasteiger partial charge in [-0.1, -0.05) is 24.3 Å². The van der Waals surface area contributed by atoms with Gasteiger partial charge in [0.1, 0.15) is 6.10 Å². The monoisotopic (exact) mass is 331 g/mol. The van der Waals surface area contributed by atoms with Gasteiger partial charge in [-0.15, -0.1) is 11.3 Å². The van der Waals surface area contributed by atoms with Gasteiger partial charge in [-0.3, -0.25) is 4.79 Å². The van der Waals surface area contributed by atoms with Crippen LogP contribution in [0.4, 0.5) is 0 Å². The second-order valence-electron chi connectivity index (χ2n) is 5.35. The molecule has 0 spiro atoms. The minimum Gasteiger partial charge on any atom is -0.478 e. The Morgan fingerprint density at radius 1 is 1.26 bits per heavy atom. The summed E-state index contributed by atoms with van der Waals surface area (Å²) in [6, 6.07) is 10.6. The highest BCUT2D eigenvalue weighted by Gasteiger charge is 2.26. The van der Waals surface area contributed by atoms with Crippen LogP contribution in [0, 0.1) is 0 Å². The van der Waals surface area contributed by atoms with Crippen molar-refractivity contribution in [2.24, 2.45) is 0 Å². The van der Waals surface area contributed by atoms with E-state index >= 15 is 0 Å². The molecule has 1 unspecified atom stereocenters. The second-order valence-corrected chi connectivity index (χ2v) is 6.33. The average molecular weight is 331 g/mol. The Balaban J connectivity index is 1.70. The van der Waals surface area contributed by atoms with Gasteiger partial charge in [0.2, 0.25) is 5.91 Å². The first-order valence-electron chi connectivity index (χ1n) is 7.39. The molecule has 1 fully saturated rings. The minimum absolute atomic E-state index is 0.0662. The fraction of sp³-hybridized carbons (Fsp3) is 0.294. The number of ether oxygens (including phenoxy) is 1. The number of carboxylic acid groups (broad SMARTS) is 1. The molecule has 2 aromatic rings. The third-order valence-electron chi connectivity index (χ3n) is 3.87. The number of hydrogen-bond acceptors (Lipinski definition) is 4. The zero-order chi connectivity index (χ0) is 16.2. The molecule has 1 aliphatic rings. The van der Waals surface area contributed by atoms with Crippen LogP contribution in [0.15, 0.2) is 41.8 Å². The number of carbonyl (C=O) groups excluding carboxylic acids is 1. The lowest BCUT2D eigenvalue weighted by molar-refractivity contribution is -0.138. The van der Waals surface area contributed by atoms with Crippen molar-refractivity contribution in [1.29, 1.82) is 0 Å². The molecule has 23 heavy (non-hydrogen) atoms. The van der Waals surface area contributed by atoms with Gasteiger partial charge in [-0.25, -0.2) is 4.79 Å². The molecule has 3 rings (SSSR count). The molecule has 1 aromatic heterocycles. The van der Waals surface area contributed by atoms with Crippen LogP contribution in [-0.4, -0.2) is 41.6 Å². The van der Waals surface area contributed by atoms with Crippen LogP contribution >= 0.6 is 11.3 Å². The number of rotatable bonds is 4. The molecule has 1 amide bonds. The van der Waals surface area contributed by atoms with Crippen LogP contribution in [0.25, 0.3) is 0 Å². The van der Waals surface area contributed by atoms with E-state index < -0.39 is 5.97 Å². The number of aromatic carboxylic acids is 1. The highest BCUT2D eigenvalue weighted by Crippen LogP contribution is 2.26. The van der Waals surface area contributed by atoms with Gasteiger partial charge in [0, 0.05) is 11.4 Å². The van der Waals surface area contributed by atoms with Crippen molar-refractivity contribution >= 4 is 23.2 Å². The molecule has 1 N–H and O–H groups in total. The Labute approximate surface area is 138 Å². The quantitative estimate of drug-likeness (QED) is 0.935. The standard InChI is InChI=1S/C17H17NO4S/c19-16(10-12-4-1-2-5-13(12)17(20)21)18-7-8-22-14(11-18)15-6-3-9-23-15/h1-6,9,14H,7-8,10-11H2,(H,20,21). The van der Waals surface area contributed by atoms with Gasteiger partial charge in [-0.05, 0) is 23.1 Å². The summed E-state index contributed by atoms with van der Waals surface area (Å²) in [5, 5.41) is 11.2. The second kappa shape index (κ2) is 6.93. The predicted molar refractivity (Wildman–Crippen MR) is 86.7 cm³/mol. The summed E-state index contributed by atoms with van der Waals surface area (Å²) in [5.74, 6) is -1.07. The number of thiophene rings is 1. The molecule has 1 aliphatic heterocycles. The van der Waals surface area contributed by atoms with Crippen molar-refractivity contribution in [2.75, 3.05) is 19.7 Å². The summed E-state index contributed by atoms with van der Waals surface area (Å²) >= 11 is 1.61. The number of carboxylic acids is 1. The molecular weight excluding hydrogens is 314 g/mol. The lowest BCUT2D eigenvalue weighted by atomic mass is 10.0. The number of carbonyl (C=O) groups is 2. The number of nitrogens with zero attached hydrogens (tertiary/aromatic N) is 1. The molecular formula is C17H17NO4S. The van der Waals surface area contributed by atoms with E-state index in [4.69, 9.17) is 4.74 Å². The van der Waals surface area contributed by atoms with Crippen molar-refractivity contribution in [3.8, 4) is 0 Å². The lowest BCUT2D eigenvalue weighted by Crippen LogP contribution is -2.42. The van der Waals surface area contributed by atoms with E-state index in [-0.39, 0.29) is 24.0 Å². The van der Waals surface area contributed by atoms with Gasteiger partial charge in [0.05, 0.1) is 25.1 Å². The van der Waals surface area contributed by atoms with Gasteiger partial charge >= 0.3 is 5.97 Å². The Bertz CT molecular complexity index is 698. The maximum absolute atomic E-state index is 12.5. The largest absolute Gasteiger partial charge is 0.478 e. The van der Waals surface area contributed by atoms with Crippen LogP contribution < -0.4 is 0 Å². The maximum Gasteiger partial charge on any atom is 0.335 e. The third kappa shape index (κ3) is 3.60. The summed E-state index contributed by atoms with van der Waals surface area (Å²) in [6.07, 6.45) is 0.00188. The first-order chi connectivity index (χ1) is 11.1. The van der Waals surface area contributed by atoms with Gasteiger partial charge in [-0.2, -0.15) is 0 Å². The Hall–Kier alpha value is -2.18. The molecule has 1 atom stereocenters. The van der Waals surface area contributed by atoms with E-state index in [2.05, 4.69) is 0 Å². The minimum atomic E-state index is -1.01. The van der Waals surface area contributed by atoms with E-state index in [9.17, 15) is 14.7 Å². The van der Waals surface area contributed by atoms with E-state index in [1.807, 2.05) is 17.5 Å². The number of hydrogen-bond donors (Lipinski definition) is 1. The van der Waals surface area contributed by atoms with Crippen molar-refractivity contribution in [1.82, 2.24) is 4.90 Å². The Morgan fingerprint density at radius 3 is 2.83 bits per heavy atom. The first kappa shape index (κ1) is 15.7. The summed E-state index contributed by atoms with van der Waals surface area (Å²) in [5.41, 5.74) is 0.730.